The highest BCUT2D eigenvalue weighted by Crippen LogP contribution is 2.51. The molecule has 0 amide bonds. The highest BCUT2D eigenvalue weighted by Gasteiger charge is 2.40. The predicted molar refractivity (Wildman–Crippen MR) is 56.6 cm³/mol. The van der Waals surface area contributed by atoms with Crippen LogP contribution < -0.4 is 0 Å². The molecule has 2 rings (SSSR count). The van der Waals surface area contributed by atoms with Gasteiger partial charge in [-0.25, -0.2) is 0 Å². The molecule has 0 unspecified atom stereocenters. The quantitative estimate of drug-likeness (QED) is 0.501. The van der Waals surface area contributed by atoms with Crippen LogP contribution in [-0.2, 0) is 0 Å². The first-order chi connectivity index (χ1) is 5.92. The van der Waals surface area contributed by atoms with Crippen molar-refractivity contribution in [3.8, 4) is 0 Å². The molecule has 0 aliphatic heterocycles. The van der Waals surface area contributed by atoms with Gasteiger partial charge in [-0.1, -0.05) is 6.42 Å². The van der Waals surface area contributed by atoms with Gasteiger partial charge in [0.1, 0.15) is 0 Å². The second kappa shape index (κ2) is 4.04. The van der Waals surface area contributed by atoms with Crippen LogP contribution in [0.25, 0.3) is 0 Å². The lowest BCUT2D eigenvalue weighted by Gasteiger charge is -2.14. The number of rotatable bonds is 4. The van der Waals surface area contributed by atoms with Crippen LogP contribution in [0.3, 0.4) is 0 Å². The monoisotopic (exact) mass is 184 g/mol. The Kier molecular flexibility index (Phi) is 3.00. The molecule has 0 spiro atoms. The standard InChI is InChI=1S/C11H20S/c12-8-2-1-3-11-9-4-5-10(11)7-6-9/h9-12H,1-8H2. The highest BCUT2D eigenvalue weighted by atomic mass is 32.1. The van der Waals surface area contributed by atoms with E-state index >= 15 is 0 Å². The molecule has 2 saturated carbocycles. The van der Waals surface area contributed by atoms with Crippen molar-refractivity contribution in [3.05, 3.63) is 0 Å². The van der Waals surface area contributed by atoms with Gasteiger partial charge in [0.05, 0.1) is 0 Å². The Bertz CT molecular complexity index is 124. The molecule has 2 aliphatic carbocycles. The molecule has 0 saturated heterocycles. The van der Waals surface area contributed by atoms with Gasteiger partial charge in [0.15, 0.2) is 0 Å². The summed E-state index contributed by atoms with van der Waals surface area (Å²) in [7, 11) is 0. The smallest absolute Gasteiger partial charge is 0.00979 e. The van der Waals surface area contributed by atoms with Gasteiger partial charge in [0.25, 0.3) is 0 Å². The van der Waals surface area contributed by atoms with Crippen LogP contribution in [0, 0.1) is 17.8 Å². The molecule has 0 N–H and O–H groups in total. The molecule has 12 heavy (non-hydrogen) atoms. The summed E-state index contributed by atoms with van der Waals surface area (Å²) in [5.74, 6) is 4.48. The Hall–Kier alpha value is 0.350. The summed E-state index contributed by atoms with van der Waals surface area (Å²) < 4.78 is 0. The van der Waals surface area contributed by atoms with Gasteiger partial charge in [-0.15, -0.1) is 0 Å². The largest absolute Gasteiger partial charge is 0.179 e. The first kappa shape index (κ1) is 8.93. The zero-order valence-electron chi connectivity index (χ0n) is 7.84. The third-order valence-electron chi connectivity index (χ3n) is 3.97. The van der Waals surface area contributed by atoms with Crippen molar-refractivity contribution >= 4 is 12.6 Å². The molecule has 2 bridgehead atoms. The maximum absolute atomic E-state index is 4.26. The van der Waals surface area contributed by atoms with Crippen molar-refractivity contribution in [3.63, 3.8) is 0 Å². The summed E-state index contributed by atoms with van der Waals surface area (Å²) in [6.07, 6.45) is 10.5. The Morgan fingerprint density at radius 1 is 0.917 bits per heavy atom. The topological polar surface area (TPSA) is 0 Å². The Morgan fingerprint density at radius 2 is 1.50 bits per heavy atom. The Morgan fingerprint density at radius 3 is 2.00 bits per heavy atom. The van der Waals surface area contributed by atoms with Crippen LogP contribution in [0.2, 0.25) is 0 Å². The van der Waals surface area contributed by atoms with Gasteiger partial charge in [-0.05, 0) is 62.0 Å². The Labute approximate surface area is 81.5 Å². The lowest BCUT2D eigenvalue weighted by atomic mass is 9.92. The average molecular weight is 184 g/mol. The van der Waals surface area contributed by atoms with E-state index in [1.807, 2.05) is 0 Å². The minimum atomic E-state index is 1.09. The van der Waals surface area contributed by atoms with Gasteiger partial charge in [0, 0.05) is 0 Å². The fourth-order valence-electron chi connectivity index (χ4n) is 3.35. The number of unbranched alkanes of at least 4 members (excludes halogenated alkanes) is 1. The summed E-state index contributed by atoms with van der Waals surface area (Å²) in [6, 6.07) is 0. The highest BCUT2D eigenvalue weighted by molar-refractivity contribution is 7.80. The van der Waals surface area contributed by atoms with Crippen molar-refractivity contribution in [1.29, 1.82) is 0 Å². The van der Waals surface area contributed by atoms with Crippen LogP contribution in [0.5, 0.6) is 0 Å². The predicted octanol–water partition coefficient (Wildman–Crippen LogP) is 3.52. The maximum Gasteiger partial charge on any atom is -0.00979 e. The third kappa shape index (κ3) is 1.66. The van der Waals surface area contributed by atoms with E-state index in [9.17, 15) is 0 Å². The molecule has 0 nitrogen and oxygen atoms in total. The van der Waals surface area contributed by atoms with Crippen molar-refractivity contribution in [2.45, 2.75) is 44.9 Å². The summed E-state index contributed by atoms with van der Waals surface area (Å²) in [5, 5.41) is 0. The van der Waals surface area contributed by atoms with Gasteiger partial charge < -0.3 is 0 Å². The second-order valence-corrected chi connectivity index (χ2v) is 5.01. The second-order valence-electron chi connectivity index (χ2n) is 4.56. The van der Waals surface area contributed by atoms with E-state index in [4.69, 9.17) is 0 Å². The van der Waals surface area contributed by atoms with Gasteiger partial charge >= 0.3 is 0 Å². The number of hydrogen-bond acceptors (Lipinski definition) is 1. The fourth-order valence-corrected chi connectivity index (χ4v) is 3.57. The van der Waals surface area contributed by atoms with E-state index in [0.717, 1.165) is 23.5 Å². The molecule has 1 heteroatoms. The van der Waals surface area contributed by atoms with Crippen LogP contribution in [0.15, 0.2) is 0 Å². The first-order valence-electron chi connectivity index (χ1n) is 5.52. The molecule has 0 aromatic rings. The van der Waals surface area contributed by atoms with Crippen LogP contribution >= 0.6 is 12.6 Å². The van der Waals surface area contributed by atoms with Crippen molar-refractivity contribution in [2.24, 2.45) is 17.8 Å². The van der Waals surface area contributed by atoms with Crippen LogP contribution in [-0.4, -0.2) is 5.75 Å². The van der Waals surface area contributed by atoms with Gasteiger partial charge in [-0.3, -0.25) is 0 Å². The minimum absolute atomic E-state index is 1.09. The van der Waals surface area contributed by atoms with Crippen LogP contribution in [0.1, 0.15) is 44.9 Å². The average Bonchev–Trinajstić information content (AvgIpc) is 2.65. The number of hydrogen-bond donors (Lipinski definition) is 1. The number of fused-ring (bicyclic) bond motifs is 2. The van der Waals surface area contributed by atoms with E-state index < -0.39 is 0 Å². The molecule has 0 radical (unpaired) electrons. The van der Waals surface area contributed by atoms with Crippen LogP contribution in [0.4, 0.5) is 0 Å². The van der Waals surface area contributed by atoms with E-state index in [1.165, 1.54) is 19.3 Å². The Balaban J connectivity index is 1.74. The maximum atomic E-state index is 4.26. The molecular formula is C11H20S. The SMILES string of the molecule is SCCCCC1C2CCC1CC2. The molecule has 2 fully saturated rings. The zero-order chi connectivity index (χ0) is 8.39. The summed E-state index contributed by atoms with van der Waals surface area (Å²) in [4.78, 5) is 0. The molecule has 2 aliphatic rings. The summed E-state index contributed by atoms with van der Waals surface area (Å²) >= 11 is 4.26. The first-order valence-corrected chi connectivity index (χ1v) is 6.16. The van der Waals surface area contributed by atoms with E-state index in [2.05, 4.69) is 12.6 Å². The summed E-state index contributed by atoms with van der Waals surface area (Å²) in [5.41, 5.74) is 0. The van der Waals surface area contributed by atoms with E-state index in [-0.39, 0.29) is 0 Å². The lowest BCUT2D eigenvalue weighted by molar-refractivity contribution is 0.366. The van der Waals surface area contributed by atoms with Crippen molar-refractivity contribution in [1.82, 2.24) is 0 Å². The third-order valence-corrected chi connectivity index (χ3v) is 4.29. The van der Waals surface area contributed by atoms with E-state index in [0.29, 0.717) is 0 Å². The number of thiol groups is 1. The lowest BCUT2D eigenvalue weighted by Crippen LogP contribution is -2.05. The van der Waals surface area contributed by atoms with Crippen molar-refractivity contribution < 1.29 is 0 Å². The van der Waals surface area contributed by atoms with Crippen molar-refractivity contribution in [2.75, 3.05) is 5.75 Å². The molecule has 0 aromatic carbocycles. The molecule has 70 valence electrons. The molecule has 0 atom stereocenters. The molecule has 0 aromatic heterocycles. The van der Waals surface area contributed by atoms with Gasteiger partial charge in [-0.2, -0.15) is 12.6 Å². The molecular weight excluding hydrogens is 164 g/mol. The fraction of sp³-hybridized carbons (Fsp3) is 1.00. The van der Waals surface area contributed by atoms with E-state index in [1.54, 1.807) is 25.7 Å². The zero-order valence-corrected chi connectivity index (χ0v) is 8.73. The normalized spacial score (nSPS) is 39.2. The summed E-state index contributed by atoms with van der Waals surface area (Å²) in [6.45, 7) is 0. The van der Waals surface area contributed by atoms with Gasteiger partial charge in [0.2, 0.25) is 0 Å². The minimum Gasteiger partial charge on any atom is -0.179 e. The molecule has 0 heterocycles.